The highest BCUT2D eigenvalue weighted by atomic mass is 19.1. The van der Waals surface area contributed by atoms with Gasteiger partial charge in [0.15, 0.2) is 0 Å². The van der Waals surface area contributed by atoms with E-state index in [0.717, 1.165) is 17.7 Å². The van der Waals surface area contributed by atoms with E-state index in [9.17, 15) is 13.6 Å². The smallest absolute Gasteiger partial charge is 0.245 e. The lowest BCUT2D eigenvalue weighted by Gasteiger charge is -2.20. The van der Waals surface area contributed by atoms with E-state index in [1.54, 1.807) is 6.92 Å². The molecule has 8 heteroatoms. The molecule has 2 aromatic carbocycles. The number of benzene rings is 2. The number of tetrazole rings is 1. The molecule has 1 N–H and O–H groups in total. The SMILES string of the molecule is C[C@H](NC(=O)[C@@H](Cc1ccccc1)n1cnnn1)c1ccc(F)cc1F. The van der Waals surface area contributed by atoms with E-state index in [1.165, 1.54) is 17.1 Å². The molecule has 0 fully saturated rings. The van der Waals surface area contributed by atoms with Crippen molar-refractivity contribution in [1.82, 2.24) is 25.5 Å². The number of amides is 1. The molecule has 1 amide bonds. The van der Waals surface area contributed by atoms with Gasteiger partial charge in [0.2, 0.25) is 5.91 Å². The molecule has 6 nitrogen and oxygen atoms in total. The molecule has 3 rings (SSSR count). The van der Waals surface area contributed by atoms with E-state index in [1.807, 2.05) is 30.3 Å². The monoisotopic (exact) mass is 357 g/mol. The van der Waals surface area contributed by atoms with Crippen molar-refractivity contribution in [3.63, 3.8) is 0 Å². The summed E-state index contributed by atoms with van der Waals surface area (Å²) in [6.07, 6.45) is 1.73. The summed E-state index contributed by atoms with van der Waals surface area (Å²) in [4.78, 5) is 12.8. The van der Waals surface area contributed by atoms with Crippen molar-refractivity contribution >= 4 is 5.91 Å². The first-order chi connectivity index (χ1) is 12.5. The number of carbonyl (C=O) groups is 1. The van der Waals surface area contributed by atoms with Crippen LogP contribution in [-0.4, -0.2) is 26.1 Å². The zero-order valence-corrected chi connectivity index (χ0v) is 14.0. The van der Waals surface area contributed by atoms with Crippen molar-refractivity contribution in [2.24, 2.45) is 0 Å². The zero-order valence-electron chi connectivity index (χ0n) is 14.0. The fourth-order valence-electron chi connectivity index (χ4n) is 2.69. The van der Waals surface area contributed by atoms with Crippen LogP contribution in [0.5, 0.6) is 0 Å². The Bertz CT molecular complexity index is 871. The van der Waals surface area contributed by atoms with Gasteiger partial charge in [0.25, 0.3) is 0 Å². The summed E-state index contributed by atoms with van der Waals surface area (Å²) < 4.78 is 28.4. The molecule has 0 radical (unpaired) electrons. The summed E-state index contributed by atoms with van der Waals surface area (Å²) in [6.45, 7) is 1.63. The van der Waals surface area contributed by atoms with Crippen LogP contribution in [0.15, 0.2) is 54.9 Å². The van der Waals surface area contributed by atoms with Gasteiger partial charge in [0, 0.05) is 18.1 Å². The lowest BCUT2D eigenvalue weighted by molar-refractivity contribution is -0.125. The highest BCUT2D eigenvalue weighted by Crippen LogP contribution is 2.20. The fraction of sp³-hybridized carbons (Fsp3) is 0.222. The molecule has 0 spiro atoms. The molecule has 134 valence electrons. The van der Waals surface area contributed by atoms with Gasteiger partial charge in [-0.3, -0.25) is 4.79 Å². The average molecular weight is 357 g/mol. The van der Waals surface area contributed by atoms with Crippen molar-refractivity contribution in [3.8, 4) is 0 Å². The minimum absolute atomic E-state index is 0.204. The third-order valence-electron chi connectivity index (χ3n) is 4.05. The minimum Gasteiger partial charge on any atom is -0.348 e. The zero-order chi connectivity index (χ0) is 18.5. The summed E-state index contributed by atoms with van der Waals surface area (Å²) in [5.74, 6) is -1.74. The quantitative estimate of drug-likeness (QED) is 0.736. The van der Waals surface area contributed by atoms with Crippen LogP contribution in [0.25, 0.3) is 0 Å². The van der Waals surface area contributed by atoms with E-state index in [2.05, 4.69) is 20.8 Å². The van der Waals surface area contributed by atoms with Gasteiger partial charge in [-0.05, 0) is 29.0 Å². The summed E-state index contributed by atoms with van der Waals surface area (Å²) in [5.41, 5.74) is 1.14. The second-order valence-corrected chi connectivity index (χ2v) is 5.89. The van der Waals surface area contributed by atoms with Crippen molar-refractivity contribution < 1.29 is 13.6 Å². The normalized spacial score (nSPS) is 13.2. The van der Waals surface area contributed by atoms with Crippen LogP contribution in [0.4, 0.5) is 8.78 Å². The van der Waals surface area contributed by atoms with Gasteiger partial charge >= 0.3 is 0 Å². The largest absolute Gasteiger partial charge is 0.348 e. The van der Waals surface area contributed by atoms with Gasteiger partial charge in [-0.25, -0.2) is 13.5 Å². The van der Waals surface area contributed by atoms with Crippen LogP contribution in [0, 0.1) is 11.6 Å². The van der Waals surface area contributed by atoms with Crippen molar-refractivity contribution in [3.05, 3.63) is 77.6 Å². The molecular formula is C18H17F2N5O. The number of rotatable bonds is 6. The maximum Gasteiger partial charge on any atom is 0.245 e. The molecule has 26 heavy (non-hydrogen) atoms. The third-order valence-corrected chi connectivity index (χ3v) is 4.05. The summed E-state index contributed by atoms with van der Waals surface area (Å²) in [6, 6.07) is 11.4. The maximum absolute atomic E-state index is 13.9. The van der Waals surface area contributed by atoms with Crippen LogP contribution in [-0.2, 0) is 11.2 Å². The number of nitrogens with zero attached hydrogens (tertiary/aromatic N) is 4. The highest BCUT2D eigenvalue weighted by molar-refractivity contribution is 5.80. The van der Waals surface area contributed by atoms with Crippen molar-refractivity contribution in [2.45, 2.75) is 25.4 Å². The number of aromatic nitrogens is 4. The van der Waals surface area contributed by atoms with Gasteiger partial charge in [-0.1, -0.05) is 36.4 Å². The van der Waals surface area contributed by atoms with Crippen molar-refractivity contribution in [2.75, 3.05) is 0 Å². The highest BCUT2D eigenvalue weighted by Gasteiger charge is 2.24. The molecule has 0 unspecified atom stereocenters. The lowest BCUT2D eigenvalue weighted by atomic mass is 10.0. The molecule has 0 aliphatic rings. The molecule has 0 aliphatic heterocycles. The fourth-order valence-corrected chi connectivity index (χ4v) is 2.69. The third kappa shape index (κ3) is 4.08. The number of halogens is 2. The average Bonchev–Trinajstić information content (AvgIpc) is 3.14. The number of carbonyl (C=O) groups excluding carboxylic acids is 1. The molecule has 1 heterocycles. The second kappa shape index (κ2) is 7.81. The molecule has 0 bridgehead atoms. The van der Waals surface area contributed by atoms with E-state index >= 15 is 0 Å². The van der Waals surface area contributed by atoms with Crippen LogP contribution in [0.2, 0.25) is 0 Å². The molecule has 1 aromatic heterocycles. The number of hydrogen-bond donors (Lipinski definition) is 1. The number of nitrogens with one attached hydrogen (secondary N) is 1. The minimum atomic E-state index is -0.708. The Morgan fingerprint density at radius 3 is 2.62 bits per heavy atom. The topological polar surface area (TPSA) is 72.7 Å². The van der Waals surface area contributed by atoms with Gasteiger partial charge in [-0.2, -0.15) is 0 Å². The Morgan fingerprint density at radius 2 is 1.96 bits per heavy atom. The molecule has 0 saturated heterocycles. The van der Waals surface area contributed by atoms with Gasteiger partial charge < -0.3 is 5.32 Å². The lowest BCUT2D eigenvalue weighted by Crippen LogP contribution is -2.36. The Kier molecular flexibility index (Phi) is 5.31. The molecule has 0 aliphatic carbocycles. The van der Waals surface area contributed by atoms with Crippen LogP contribution in [0.3, 0.4) is 0 Å². The van der Waals surface area contributed by atoms with Crippen molar-refractivity contribution in [1.29, 1.82) is 0 Å². The van der Waals surface area contributed by atoms with E-state index in [0.29, 0.717) is 6.42 Å². The predicted molar refractivity (Wildman–Crippen MR) is 89.9 cm³/mol. The summed E-state index contributed by atoms with van der Waals surface area (Å²) in [7, 11) is 0. The number of hydrogen-bond acceptors (Lipinski definition) is 4. The Hall–Kier alpha value is -3.16. The first-order valence-corrected chi connectivity index (χ1v) is 8.06. The van der Waals surface area contributed by atoms with E-state index in [4.69, 9.17) is 0 Å². The molecule has 2 atom stereocenters. The Morgan fingerprint density at radius 1 is 1.19 bits per heavy atom. The van der Waals surface area contributed by atoms with Crippen LogP contribution in [0.1, 0.15) is 30.1 Å². The first-order valence-electron chi connectivity index (χ1n) is 8.06. The van der Waals surface area contributed by atoms with E-state index < -0.39 is 23.7 Å². The molecule has 0 saturated carbocycles. The van der Waals surface area contributed by atoms with E-state index in [-0.39, 0.29) is 11.5 Å². The van der Waals surface area contributed by atoms with Gasteiger partial charge in [-0.15, -0.1) is 5.10 Å². The molecule has 3 aromatic rings. The first kappa shape index (κ1) is 17.7. The van der Waals surface area contributed by atoms with Gasteiger partial charge in [0.05, 0.1) is 6.04 Å². The molecular weight excluding hydrogens is 340 g/mol. The van der Waals surface area contributed by atoms with Crippen LogP contribution < -0.4 is 5.32 Å². The summed E-state index contributed by atoms with van der Waals surface area (Å²) in [5, 5.41) is 13.7. The van der Waals surface area contributed by atoms with Crippen LogP contribution >= 0.6 is 0 Å². The Labute approximate surface area is 148 Å². The maximum atomic E-state index is 13.9. The Balaban J connectivity index is 1.79. The summed E-state index contributed by atoms with van der Waals surface area (Å²) >= 11 is 0. The predicted octanol–water partition coefficient (Wildman–Crippen LogP) is 2.61. The standard InChI is InChI=1S/C18H17F2N5O/c1-12(15-8-7-14(19)10-16(15)20)22-18(26)17(25-11-21-23-24-25)9-13-5-3-2-4-6-13/h2-8,10-12,17H,9H2,1H3,(H,22,26)/t12-,17+/m0/s1. The second-order valence-electron chi connectivity index (χ2n) is 5.89. The van der Waals surface area contributed by atoms with Gasteiger partial charge in [0.1, 0.15) is 24.0 Å².